The van der Waals surface area contributed by atoms with E-state index in [9.17, 15) is 19.5 Å². The monoisotopic (exact) mass is 735 g/mol. The molecule has 12 heteroatoms. The van der Waals surface area contributed by atoms with Gasteiger partial charge in [-0.05, 0) is 66.5 Å². The Bertz CT molecular complexity index is 1770. The number of anilines is 2. The molecule has 1 spiro atoms. The number of carbonyl (C=O) groups is 3. The van der Waals surface area contributed by atoms with Crippen LogP contribution in [0, 0.1) is 5.92 Å². The van der Waals surface area contributed by atoms with Crippen LogP contribution in [0.4, 0.5) is 20.3 Å². The molecule has 0 saturated carbocycles. The predicted molar refractivity (Wildman–Crippen MR) is 185 cm³/mol. The molecule has 9 nitrogen and oxygen atoms in total. The summed E-state index contributed by atoms with van der Waals surface area (Å²) in [6.45, 7) is 6.37. The van der Waals surface area contributed by atoms with Crippen LogP contribution in [-0.4, -0.2) is 68.2 Å². The number of nitrogens with zero attached hydrogens (tertiary/aromatic N) is 3. The lowest BCUT2D eigenvalue weighted by Crippen LogP contribution is -2.48. The van der Waals surface area contributed by atoms with E-state index >= 15 is 4.11 Å². The van der Waals surface area contributed by atoms with Crippen LogP contribution < -0.4 is 9.80 Å². The zero-order valence-electron chi connectivity index (χ0n) is 27.2. The third-order valence-corrected chi connectivity index (χ3v) is 13.5. The molecule has 2 fully saturated rings. The molecule has 252 valence electrons. The molecule has 7 rings (SSSR count). The summed E-state index contributed by atoms with van der Waals surface area (Å²) in [4.78, 5) is 45.8. The van der Waals surface area contributed by atoms with Gasteiger partial charge in [0.25, 0.3) is 5.91 Å². The Balaban J connectivity index is 1.20. The lowest BCUT2D eigenvalue weighted by atomic mass is 9.82. The van der Waals surface area contributed by atoms with Gasteiger partial charge in [-0.3, -0.25) is 14.5 Å². The van der Waals surface area contributed by atoms with Crippen molar-refractivity contribution in [2.24, 2.45) is 5.92 Å². The summed E-state index contributed by atoms with van der Waals surface area (Å²) >= 11 is 3.58. The van der Waals surface area contributed by atoms with Gasteiger partial charge in [-0.25, -0.2) is 4.79 Å². The van der Waals surface area contributed by atoms with Crippen LogP contribution in [0.2, 0.25) is 18.6 Å². The number of aliphatic hydroxyl groups excluding tert-OH is 1. The number of hydrogen-bond donors (Lipinski definition) is 1. The normalized spacial score (nSPS) is 26.7. The average Bonchev–Trinajstić information content (AvgIpc) is 3.69. The van der Waals surface area contributed by atoms with Crippen LogP contribution in [0.1, 0.15) is 35.6 Å². The Labute approximate surface area is 288 Å². The van der Waals surface area contributed by atoms with Crippen molar-refractivity contribution in [1.29, 1.82) is 0 Å². The number of fused-ring (bicyclic) bond motifs is 3. The van der Waals surface area contributed by atoms with E-state index in [1.54, 1.807) is 27.8 Å². The highest BCUT2D eigenvalue weighted by Gasteiger charge is 2.67. The second kappa shape index (κ2) is 12.4. The molecule has 48 heavy (non-hydrogen) atoms. The van der Waals surface area contributed by atoms with Gasteiger partial charge < -0.3 is 28.5 Å². The molecule has 2 saturated heterocycles. The van der Waals surface area contributed by atoms with Crippen molar-refractivity contribution in [2.45, 2.75) is 69.2 Å². The number of benzene rings is 3. The molecular formula is C36H39BrFN3O6Si. The van der Waals surface area contributed by atoms with E-state index in [4.69, 9.17) is 9.47 Å². The Morgan fingerprint density at radius 2 is 1.81 bits per heavy atom. The van der Waals surface area contributed by atoms with Crippen LogP contribution in [0.3, 0.4) is 0 Å². The summed E-state index contributed by atoms with van der Waals surface area (Å²) in [7, 11) is -3.50. The smallest absolute Gasteiger partial charge is 0.414 e. The van der Waals surface area contributed by atoms with E-state index in [0.717, 1.165) is 21.2 Å². The lowest BCUT2D eigenvalue weighted by Gasteiger charge is -2.37. The van der Waals surface area contributed by atoms with Crippen molar-refractivity contribution < 1.29 is 33.1 Å². The maximum atomic E-state index is 16.4. The number of carbonyl (C=O) groups excluding carboxylic acids is 3. The van der Waals surface area contributed by atoms with Crippen LogP contribution in [-0.2, 0) is 44.2 Å². The Kier molecular flexibility index (Phi) is 8.50. The largest absolute Gasteiger partial charge is 0.447 e. The molecule has 0 unspecified atom stereocenters. The molecule has 3 aromatic carbocycles. The van der Waals surface area contributed by atoms with E-state index in [0.29, 0.717) is 43.1 Å². The topological polar surface area (TPSA) is 99.6 Å². The van der Waals surface area contributed by atoms with E-state index in [1.807, 2.05) is 73.7 Å². The van der Waals surface area contributed by atoms with Gasteiger partial charge in [0.15, 0.2) is 5.60 Å². The van der Waals surface area contributed by atoms with Crippen LogP contribution in [0.25, 0.3) is 0 Å². The first-order valence-corrected chi connectivity index (χ1v) is 20.2. The van der Waals surface area contributed by atoms with E-state index in [1.165, 1.54) is 0 Å². The third-order valence-electron chi connectivity index (χ3n) is 10.5. The summed E-state index contributed by atoms with van der Waals surface area (Å²) in [5, 5.41) is 10.2. The summed E-state index contributed by atoms with van der Waals surface area (Å²) < 4.78 is 29.1. The molecule has 3 amide bonds. The highest BCUT2D eigenvalue weighted by molar-refractivity contribution is 9.10. The zero-order valence-corrected chi connectivity index (χ0v) is 29.8. The minimum atomic E-state index is -3.50. The van der Waals surface area contributed by atoms with Crippen LogP contribution in [0.15, 0.2) is 71.2 Å². The van der Waals surface area contributed by atoms with Gasteiger partial charge >= 0.3 is 6.09 Å². The summed E-state index contributed by atoms with van der Waals surface area (Å²) in [6, 6.07) is 20.6. The standard InChI is InChI=1S/C36H39BrFN3O6Si/c1-22-33(48(2,3)38)31(18-32(43)40-20-25-7-5-4-6-24(25)16-28(40)21-42)47-36(22)29-17-26(37)10-13-30(29)41(34(36)44)19-23-8-11-27(12-9-23)39-14-15-46-35(39)45/h4-13,17,22,28,31,33,42H,14-16,18-21H2,1-3H3/t22-,28+,31+,33-,36+/m1/s1. The highest BCUT2D eigenvalue weighted by Crippen LogP contribution is 2.60. The molecule has 0 aromatic heterocycles. The third kappa shape index (κ3) is 5.46. The lowest BCUT2D eigenvalue weighted by molar-refractivity contribution is -0.151. The van der Waals surface area contributed by atoms with Crippen molar-refractivity contribution >= 4 is 53.6 Å². The van der Waals surface area contributed by atoms with Crippen molar-refractivity contribution in [2.75, 3.05) is 29.6 Å². The maximum absolute atomic E-state index is 16.4. The molecular weight excluding hydrogens is 697 g/mol. The minimum Gasteiger partial charge on any atom is -0.447 e. The van der Waals surface area contributed by atoms with Gasteiger partial charge in [-0.2, -0.15) is 0 Å². The van der Waals surface area contributed by atoms with Gasteiger partial charge in [0.05, 0.1) is 44.0 Å². The Morgan fingerprint density at radius 1 is 1.08 bits per heavy atom. The van der Waals surface area contributed by atoms with Gasteiger partial charge in [-0.15, -0.1) is 0 Å². The Morgan fingerprint density at radius 3 is 2.48 bits per heavy atom. The fourth-order valence-corrected chi connectivity index (χ4v) is 11.2. The number of hydrogen-bond acceptors (Lipinski definition) is 6. The van der Waals surface area contributed by atoms with Crippen LogP contribution in [0.5, 0.6) is 0 Å². The SMILES string of the molecule is C[C@@H]1[C@@H]([Si](C)(C)F)[C@H](CC(=O)N2Cc3ccccc3C[C@H]2CO)O[C@@]12C(=O)N(Cc1ccc(N3CCOC3=O)cc1)c1ccc(Br)cc12. The van der Waals surface area contributed by atoms with E-state index < -0.39 is 37.6 Å². The highest BCUT2D eigenvalue weighted by atomic mass is 79.9. The van der Waals surface area contributed by atoms with Crippen LogP contribution >= 0.6 is 15.9 Å². The first-order valence-electron chi connectivity index (χ1n) is 16.4. The molecule has 0 bridgehead atoms. The quantitative estimate of drug-likeness (QED) is 0.234. The second-order valence-electron chi connectivity index (χ2n) is 13.8. The first-order chi connectivity index (χ1) is 22.9. The first kappa shape index (κ1) is 32.9. The number of aliphatic hydroxyl groups is 1. The average molecular weight is 737 g/mol. The minimum absolute atomic E-state index is 0.0905. The summed E-state index contributed by atoms with van der Waals surface area (Å²) in [5.74, 6) is -1.06. The number of ether oxygens (including phenoxy) is 2. The van der Waals surface area contributed by atoms with Gasteiger partial charge in [0, 0.05) is 33.7 Å². The van der Waals surface area contributed by atoms with Crippen molar-refractivity contribution in [1.82, 2.24) is 4.90 Å². The van der Waals surface area contributed by atoms with Crippen molar-refractivity contribution in [3.63, 3.8) is 0 Å². The van der Waals surface area contributed by atoms with E-state index in [-0.39, 0.29) is 37.5 Å². The number of rotatable bonds is 7. The maximum Gasteiger partial charge on any atom is 0.414 e. The molecule has 3 aromatic rings. The molecule has 4 heterocycles. The predicted octanol–water partition coefficient (Wildman–Crippen LogP) is 6.06. The van der Waals surface area contributed by atoms with Gasteiger partial charge in [0.2, 0.25) is 14.3 Å². The second-order valence-corrected chi connectivity index (χ2v) is 18.5. The number of amides is 3. The summed E-state index contributed by atoms with van der Waals surface area (Å²) in [6.07, 6.45) is -0.766. The molecule has 1 N–H and O–H groups in total. The zero-order chi connectivity index (χ0) is 34.0. The number of halogens is 2. The fourth-order valence-electron chi connectivity index (χ4n) is 8.30. The molecule has 0 aliphatic carbocycles. The molecule has 4 aliphatic rings. The van der Waals surface area contributed by atoms with Gasteiger partial charge in [-0.1, -0.05) is 59.3 Å². The van der Waals surface area contributed by atoms with E-state index in [2.05, 4.69) is 15.9 Å². The van der Waals surface area contributed by atoms with Gasteiger partial charge in [0.1, 0.15) is 6.61 Å². The van der Waals surface area contributed by atoms with Crippen molar-refractivity contribution in [3.8, 4) is 0 Å². The van der Waals surface area contributed by atoms with Crippen molar-refractivity contribution in [3.05, 3.63) is 93.5 Å². The molecule has 4 aliphatic heterocycles. The fraction of sp³-hybridized carbons (Fsp3) is 0.417. The Hall–Kier alpha value is -3.58. The summed E-state index contributed by atoms with van der Waals surface area (Å²) in [5.41, 5.74) is 2.92. The molecule has 5 atom stereocenters. The molecule has 0 radical (unpaired) electrons. The number of cyclic esters (lactones) is 1.